The van der Waals surface area contributed by atoms with Gasteiger partial charge in [0.05, 0.1) is 11.9 Å². The molecule has 2 N–H and O–H groups in total. The average Bonchev–Trinajstić information content (AvgIpc) is 2.62. The summed E-state index contributed by atoms with van der Waals surface area (Å²) < 4.78 is 1.57. The number of nitrogens with two attached hydrogens (primary N) is 1. The lowest BCUT2D eigenvalue weighted by Gasteiger charge is -2.03. The van der Waals surface area contributed by atoms with Crippen molar-refractivity contribution in [2.24, 2.45) is 5.73 Å². The number of aromatic nitrogens is 3. The molecule has 2 rings (SSSR count). The first kappa shape index (κ1) is 12.0. The summed E-state index contributed by atoms with van der Waals surface area (Å²) in [6, 6.07) is 0. The molecule has 0 amide bonds. The van der Waals surface area contributed by atoms with Crippen molar-refractivity contribution in [1.82, 2.24) is 15.0 Å². The van der Waals surface area contributed by atoms with Gasteiger partial charge in [-0.15, -0.1) is 5.10 Å². The third kappa shape index (κ3) is 3.23. The predicted octanol–water partition coefficient (Wildman–Crippen LogP) is 1.20. The van der Waals surface area contributed by atoms with Gasteiger partial charge in [-0.2, -0.15) is 0 Å². The molecular formula is C12H18N4O. The molecule has 92 valence electrons. The zero-order chi connectivity index (χ0) is 12.1. The van der Waals surface area contributed by atoms with Crippen LogP contribution in [0.25, 0.3) is 0 Å². The standard InChI is InChI=1S/C12H18N4O/c13-7-11-8-16(15-14-11)9-12(17)10-5-3-1-2-4-6-10/h5,8H,1-4,6-7,9,13H2. The van der Waals surface area contributed by atoms with Crippen LogP contribution in [0.4, 0.5) is 0 Å². The van der Waals surface area contributed by atoms with Gasteiger partial charge in [0.15, 0.2) is 5.78 Å². The third-order valence-corrected chi connectivity index (χ3v) is 3.00. The lowest BCUT2D eigenvalue weighted by atomic mass is 10.1. The summed E-state index contributed by atoms with van der Waals surface area (Å²) in [5, 5.41) is 7.75. The molecule has 0 aromatic carbocycles. The second kappa shape index (κ2) is 5.72. The van der Waals surface area contributed by atoms with Crippen LogP contribution in [0.15, 0.2) is 17.8 Å². The lowest BCUT2D eigenvalue weighted by Crippen LogP contribution is -2.13. The van der Waals surface area contributed by atoms with E-state index in [4.69, 9.17) is 5.73 Å². The maximum atomic E-state index is 12.0. The van der Waals surface area contributed by atoms with Gasteiger partial charge >= 0.3 is 0 Å². The Morgan fingerprint density at radius 3 is 3.06 bits per heavy atom. The first-order valence-electron chi connectivity index (χ1n) is 6.11. The number of Topliss-reactive ketones (excluding diaryl/α,β-unsaturated/α-hetero) is 1. The fourth-order valence-corrected chi connectivity index (χ4v) is 2.03. The number of rotatable bonds is 4. The van der Waals surface area contributed by atoms with Crippen LogP contribution >= 0.6 is 0 Å². The van der Waals surface area contributed by atoms with E-state index in [2.05, 4.69) is 16.4 Å². The molecule has 0 saturated carbocycles. The van der Waals surface area contributed by atoms with Crippen molar-refractivity contribution in [3.8, 4) is 0 Å². The first-order valence-corrected chi connectivity index (χ1v) is 6.11. The van der Waals surface area contributed by atoms with Gasteiger partial charge in [0.25, 0.3) is 0 Å². The normalized spacial score (nSPS) is 16.4. The van der Waals surface area contributed by atoms with Crippen LogP contribution in [0, 0.1) is 0 Å². The van der Waals surface area contributed by atoms with Crippen LogP contribution in [-0.4, -0.2) is 20.8 Å². The average molecular weight is 234 g/mol. The van der Waals surface area contributed by atoms with Crippen molar-refractivity contribution in [3.05, 3.63) is 23.5 Å². The third-order valence-electron chi connectivity index (χ3n) is 3.00. The second-order valence-corrected chi connectivity index (χ2v) is 4.36. The molecule has 1 aromatic rings. The van der Waals surface area contributed by atoms with Gasteiger partial charge in [-0.05, 0) is 31.3 Å². The Morgan fingerprint density at radius 1 is 1.41 bits per heavy atom. The molecule has 1 aliphatic carbocycles. The molecular weight excluding hydrogens is 216 g/mol. The molecule has 0 atom stereocenters. The van der Waals surface area contributed by atoms with Crippen LogP contribution < -0.4 is 5.73 Å². The molecule has 0 fully saturated rings. The van der Waals surface area contributed by atoms with Gasteiger partial charge in [-0.1, -0.05) is 17.7 Å². The number of ketones is 1. The topological polar surface area (TPSA) is 73.8 Å². The van der Waals surface area contributed by atoms with E-state index in [1.54, 1.807) is 10.9 Å². The van der Waals surface area contributed by atoms with Crippen LogP contribution in [0.3, 0.4) is 0 Å². The highest BCUT2D eigenvalue weighted by Gasteiger charge is 2.12. The Bertz CT molecular complexity index is 422. The quantitative estimate of drug-likeness (QED) is 0.849. The highest BCUT2D eigenvalue weighted by Crippen LogP contribution is 2.18. The van der Waals surface area contributed by atoms with Gasteiger partial charge < -0.3 is 5.73 Å². The van der Waals surface area contributed by atoms with Crippen molar-refractivity contribution in [2.45, 2.75) is 45.2 Å². The van der Waals surface area contributed by atoms with Gasteiger partial charge in [-0.25, -0.2) is 4.68 Å². The van der Waals surface area contributed by atoms with Crippen LogP contribution in [0.5, 0.6) is 0 Å². The molecule has 0 saturated heterocycles. The van der Waals surface area contributed by atoms with E-state index in [-0.39, 0.29) is 12.3 Å². The number of carbonyl (C=O) groups is 1. The van der Waals surface area contributed by atoms with Crippen LogP contribution in [0.1, 0.15) is 37.8 Å². The number of hydrogen-bond donors (Lipinski definition) is 1. The molecule has 1 aromatic heterocycles. The highest BCUT2D eigenvalue weighted by atomic mass is 16.1. The molecule has 1 aliphatic rings. The predicted molar refractivity (Wildman–Crippen MR) is 64.1 cm³/mol. The van der Waals surface area contributed by atoms with Crippen molar-refractivity contribution in [3.63, 3.8) is 0 Å². The Hall–Kier alpha value is -1.49. The molecule has 0 spiro atoms. The Balaban J connectivity index is 1.98. The largest absolute Gasteiger partial charge is 0.325 e. The molecule has 0 radical (unpaired) electrons. The number of carbonyl (C=O) groups excluding carboxylic acids is 1. The Kier molecular flexibility index (Phi) is 4.03. The summed E-state index contributed by atoms with van der Waals surface area (Å²) >= 11 is 0. The summed E-state index contributed by atoms with van der Waals surface area (Å²) in [4.78, 5) is 12.0. The minimum atomic E-state index is 0.153. The molecule has 1 heterocycles. The van der Waals surface area contributed by atoms with E-state index in [1.165, 1.54) is 12.8 Å². The maximum absolute atomic E-state index is 12.0. The molecule has 5 nitrogen and oxygen atoms in total. The van der Waals surface area contributed by atoms with Crippen molar-refractivity contribution in [1.29, 1.82) is 0 Å². The summed E-state index contributed by atoms with van der Waals surface area (Å²) in [5.74, 6) is 0.153. The molecule has 0 aliphatic heterocycles. The summed E-state index contributed by atoms with van der Waals surface area (Å²) in [6.07, 6.45) is 9.25. The Labute approximate surface area is 101 Å². The molecule has 0 bridgehead atoms. The fraction of sp³-hybridized carbons (Fsp3) is 0.583. The van der Waals surface area contributed by atoms with Gasteiger partial charge in [0.1, 0.15) is 6.54 Å². The summed E-state index contributed by atoms with van der Waals surface area (Å²) in [7, 11) is 0. The number of hydrogen-bond acceptors (Lipinski definition) is 4. The molecule has 17 heavy (non-hydrogen) atoms. The van der Waals surface area contributed by atoms with Crippen molar-refractivity contribution in [2.75, 3.05) is 0 Å². The number of allylic oxidation sites excluding steroid dienone is 2. The number of nitrogens with zero attached hydrogens (tertiary/aromatic N) is 3. The fourth-order valence-electron chi connectivity index (χ4n) is 2.03. The monoisotopic (exact) mass is 234 g/mol. The summed E-state index contributed by atoms with van der Waals surface area (Å²) in [6.45, 7) is 0.635. The van der Waals surface area contributed by atoms with Crippen LogP contribution in [0.2, 0.25) is 0 Å². The van der Waals surface area contributed by atoms with E-state index >= 15 is 0 Å². The second-order valence-electron chi connectivity index (χ2n) is 4.36. The smallest absolute Gasteiger partial charge is 0.180 e. The van der Waals surface area contributed by atoms with E-state index in [1.807, 2.05) is 0 Å². The van der Waals surface area contributed by atoms with E-state index in [0.717, 1.165) is 24.8 Å². The van der Waals surface area contributed by atoms with Gasteiger partial charge in [0.2, 0.25) is 0 Å². The summed E-state index contributed by atoms with van der Waals surface area (Å²) in [5.41, 5.74) is 7.11. The minimum absolute atomic E-state index is 0.153. The first-order chi connectivity index (χ1) is 8.29. The SMILES string of the molecule is NCc1cn(CC(=O)C2=CCCCCC2)nn1. The van der Waals surface area contributed by atoms with Gasteiger partial charge in [0, 0.05) is 6.54 Å². The lowest BCUT2D eigenvalue weighted by molar-refractivity contribution is -0.116. The maximum Gasteiger partial charge on any atom is 0.180 e. The molecule has 0 unspecified atom stereocenters. The van der Waals surface area contributed by atoms with E-state index < -0.39 is 0 Å². The van der Waals surface area contributed by atoms with Crippen molar-refractivity contribution < 1.29 is 4.79 Å². The highest BCUT2D eigenvalue weighted by molar-refractivity contribution is 5.95. The Morgan fingerprint density at radius 2 is 2.29 bits per heavy atom. The van der Waals surface area contributed by atoms with Crippen LogP contribution in [-0.2, 0) is 17.9 Å². The zero-order valence-corrected chi connectivity index (χ0v) is 9.93. The van der Waals surface area contributed by atoms with Crippen molar-refractivity contribution >= 4 is 5.78 Å². The molecule has 5 heteroatoms. The van der Waals surface area contributed by atoms with E-state index in [9.17, 15) is 4.79 Å². The van der Waals surface area contributed by atoms with Gasteiger partial charge in [-0.3, -0.25) is 4.79 Å². The zero-order valence-electron chi connectivity index (χ0n) is 9.93. The minimum Gasteiger partial charge on any atom is -0.325 e. The van der Waals surface area contributed by atoms with E-state index in [0.29, 0.717) is 12.2 Å².